The van der Waals surface area contributed by atoms with Gasteiger partial charge >= 0.3 is 12.3 Å². The Balaban J connectivity index is 0.000000709. The van der Waals surface area contributed by atoms with Gasteiger partial charge in [0, 0.05) is 24.6 Å². The second kappa shape index (κ2) is 9.51. The molecule has 9 nitrogen and oxygen atoms in total. The smallest absolute Gasteiger partial charge is 0.450 e. The van der Waals surface area contributed by atoms with Crippen molar-refractivity contribution in [1.29, 1.82) is 0 Å². The molecule has 0 radical (unpaired) electrons. The van der Waals surface area contributed by atoms with Crippen LogP contribution in [-0.4, -0.2) is 36.0 Å². The van der Waals surface area contributed by atoms with Crippen molar-refractivity contribution in [2.24, 2.45) is 5.73 Å². The SMILES string of the molecule is NCc1ccc([C@@H]2C[C@H]2NS(=O)(=O)c2ccc(-c3cc(C(F)(F)F)on3)s2)cc1.O=C(O)O. The Morgan fingerprint density at radius 1 is 1.21 bits per heavy atom. The lowest BCUT2D eigenvalue weighted by atomic mass is 10.1. The topological polar surface area (TPSA) is 156 Å². The van der Waals surface area contributed by atoms with Crippen molar-refractivity contribution >= 4 is 27.5 Å². The number of nitrogens with zero attached hydrogens (tertiary/aromatic N) is 1. The van der Waals surface area contributed by atoms with E-state index in [1.165, 1.54) is 12.1 Å². The first-order valence-electron chi connectivity index (χ1n) is 9.28. The molecule has 2 aromatic heterocycles. The Morgan fingerprint density at radius 2 is 1.85 bits per heavy atom. The Labute approximate surface area is 189 Å². The van der Waals surface area contributed by atoms with Gasteiger partial charge in [0.15, 0.2) is 0 Å². The van der Waals surface area contributed by atoms with Gasteiger partial charge in [0.2, 0.25) is 15.8 Å². The molecule has 0 spiro atoms. The summed E-state index contributed by atoms with van der Waals surface area (Å²) in [4.78, 5) is 8.83. The van der Waals surface area contributed by atoms with E-state index >= 15 is 0 Å². The molecule has 4 rings (SSSR count). The highest BCUT2D eigenvalue weighted by atomic mass is 32.2. The molecule has 0 amide bonds. The lowest BCUT2D eigenvalue weighted by Gasteiger charge is -2.05. The molecule has 0 aliphatic heterocycles. The molecular weight excluding hydrogens is 487 g/mol. The van der Waals surface area contributed by atoms with E-state index < -0.39 is 28.1 Å². The summed E-state index contributed by atoms with van der Waals surface area (Å²) >= 11 is 0.834. The second-order valence-electron chi connectivity index (χ2n) is 6.99. The molecule has 1 aromatic carbocycles. The van der Waals surface area contributed by atoms with Crippen molar-refractivity contribution in [1.82, 2.24) is 9.88 Å². The van der Waals surface area contributed by atoms with Gasteiger partial charge in [0.25, 0.3) is 0 Å². The van der Waals surface area contributed by atoms with Crippen LogP contribution in [0.1, 0.15) is 29.2 Å². The second-order valence-corrected chi connectivity index (χ2v) is 10.0. The average molecular weight is 505 g/mol. The van der Waals surface area contributed by atoms with Crippen LogP contribution >= 0.6 is 11.3 Å². The minimum absolute atomic E-state index is 0.00758. The zero-order valence-corrected chi connectivity index (χ0v) is 18.2. The third kappa shape index (κ3) is 6.31. The Hall–Kier alpha value is -2.94. The van der Waals surface area contributed by atoms with Crippen LogP contribution < -0.4 is 10.5 Å². The minimum atomic E-state index is -4.65. The van der Waals surface area contributed by atoms with Crippen molar-refractivity contribution in [2.45, 2.75) is 35.3 Å². The first-order valence-corrected chi connectivity index (χ1v) is 11.6. The van der Waals surface area contributed by atoms with Crippen LogP contribution in [0.3, 0.4) is 0 Å². The number of sulfonamides is 1. The number of rotatable bonds is 6. The van der Waals surface area contributed by atoms with Crippen LogP contribution in [0.15, 0.2) is 51.2 Å². The van der Waals surface area contributed by atoms with Crippen LogP contribution in [0.4, 0.5) is 18.0 Å². The molecule has 3 aromatic rings. The number of aromatic nitrogens is 1. The number of alkyl halides is 3. The Morgan fingerprint density at radius 3 is 2.39 bits per heavy atom. The zero-order valence-electron chi connectivity index (χ0n) is 16.6. The molecule has 0 unspecified atom stereocenters. The van der Waals surface area contributed by atoms with Gasteiger partial charge in [0.05, 0.1) is 4.88 Å². The van der Waals surface area contributed by atoms with Gasteiger partial charge in [0.1, 0.15) is 9.90 Å². The van der Waals surface area contributed by atoms with Crippen molar-refractivity contribution in [3.05, 3.63) is 59.4 Å². The fraction of sp³-hybridized carbons (Fsp3) is 0.263. The highest BCUT2D eigenvalue weighted by Gasteiger charge is 2.41. The number of nitrogens with two attached hydrogens (primary N) is 1. The molecule has 1 aliphatic rings. The standard InChI is InChI=1S/C18H16F3N3O3S2.CH2O3/c19-18(20,21)16-8-14(23-27-16)15-5-6-17(28-15)29(25,26)24-13-7-12(13)11-3-1-10(9-22)2-4-11;2-1(3)4/h1-6,8,12-13,24H,7,9,22H2;(H2,2,3,4)/t12-,13+;/m0./s1. The highest BCUT2D eigenvalue weighted by molar-refractivity contribution is 7.91. The zero-order chi connectivity index (χ0) is 24.4. The van der Waals surface area contributed by atoms with E-state index in [2.05, 4.69) is 14.4 Å². The average Bonchev–Trinajstić information content (AvgIpc) is 3.13. The molecule has 1 aliphatic carbocycles. The first-order chi connectivity index (χ1) is 15.4. The molecule has 1 fully saturated rings. The van der Waals surface area contributed by atoms with E-state index in [0.29, 0.717) is 13.0 Å². The third-order valence-corrected chi connectivity index (χ3v) is 7.72. The number of carbonyl (C=O) groups is 1. The number of carboxylic acid groups (broad SMARTS) is 2. The van der Waals surface area contributed by atoms with Gasteiger partial charge in [-0.15, -0.1) is 11.3 Å². The molecule has 33 heavy (non-hydrogen) atoms. The van der Waals surface area contributed by atoms with Gasteiger partial charge in [-0.25, -0.2) is 17.9 Å². The third-order valence-electron chi connectivity index (χ3n) is 4.63. The minimum Gasteiger partial charge on any atom is -0.450 e. The van der Waals surface area contributed by atoms with Crippen LogP contribution in [0.2, 0.25) is 0 Å². The van der Waals surface area contributed by atoms with Gasteiger partial charge in [-0.3, -0.25) is 0 Å². The van der Waals surface area contributed by atoms with Crippen molar-refractivity contribution < 1.29 is 41.1 Å². The van der Waals surface area contributed by atoms with Gasteiger partial charge < -0.3 is 20.5 Å². The summed E-state index contributed by atoms with van der Waals surface area (Å²) in [7, 11) is -3.79. The summed E-state index contributed by atoms with van der Waals surface area (Å²) in [6.07, 6.45) is -5.81. The van der Waals surface area contributed by atoms with E-state index in [9.17, 15) is 21.6 Å². The van der Waals surface area contributed by atoms with Gasteiger partial charge in [-0.2, -0.15) is 13.2 Å². The number of hydrogen-bond donors (Lipinski definition) is 4. The lowest BCUT2D eigenvalue weighted by molar-refractivity contribution is -0.155. The quantitative estimate of drug-likeness (QED) is 0.393. The fourth-order valence-corrected chi connectivity index (χ4v) is 5.54. The summed E-state index contributed by atoms with van der Waals surface area (Å²) < 4.78 is 70.1. The number of nitrogens with one attached hydrogen (secondary N) is 1. The van der Waals surface area contributed by atoms with Gasteiger partial charge in [-0.1, -0.05) is 29.4 Å². The molecule has 14 heteroatoms. The monoisotopic (exact) mass is 505 g/mol. The lowest BCUT2D eigenvalue weighted by Crippen LogP contribution is -2.26. The summed E-state index contributed by atoms with van der Waals surface area (Å²) in [5.41, 5.74) is 7.55. The molecule has 0 saturated heterocycles. The molecule has 2 atom stereocenters. The normalized spacial score (nSPS) is 17.8. The largest absolute Gasteiger partial charge is 0.503 e. The van der Waals surface area contributed by atoms with E-state index in [-0.39, 0.29) is 26.7 Å². The maximum atomic E-state index is 12.6. The summed E-state index contributed by atoms with van der Waals surface area (Å²) in [6.45, 7) is 0.442. The molecule has 5 N–H and O–H groups in total. The number of hydrogen-bond acceptors (Lipinski definition) is 7. The van der Waals surface area contributed by atoms with E-state index in [0.717, 1.165) is 28.5 Å². The number of thiophene rings is 1. The predicted molar refractivity (Wildman–Crippen MR) is 111 cm³/mol. The molecule has 178 valence electrons. The van der Waals surface area contributed by atoms with Crippen molar-refractivity contribution in [3.63, 3.8) is 0 Å². The summed E-state index contributed by atoms with van der Waals surface area (Å²) in [5, 5.41) is 17.3. The highest BCUT2D eigenvalue weighted by Crippen LogP contribution is 2.42. The summed E-state index contributed by atoms with van der Waals surface area (Å²) in [6, 6.07) is 11.0. The van der Waals surface area contributed by atoms with E-state index in [1.54, 1.807) is 0 Å². The predicted octanol–water partition coefficient (Wildman–Crippen LogP) is 3.94. The maximum Gasteiger partial charge on any atom is 0.503 e. The van der Waals surface area contributed by atoms with Gasteiger partial charge in [-0.05, 0) is 29.7 Å². The molecular formula is C19H18F3N3O6S2. The molecule has 1 saturated carbocycles. The first kappa shape index (κ1) is 24.7. The number of halogens is 3. The van der Waals surface area contributed by atoms with Crippen LogP contribution in [-0.2, 0) is 22.7 Å². The van der Waals surface area contributed by atoms with Crippen LogP contribution in [0.25, 0.3) is 10.6 Å². The molecule has 0 bridgehead atoms. The maximum absolute atomic E-state index is 12.6. The van der Waals surface area contributed by atoms with E-state index in [4.69, 9.17) is 20.7 Å². The Kier molecular flexibility index (Phi) is 7.11. The van der Waals surface area contributed by atoms with Crippen LogP contribution in [0.5, 0.6) is 0 Å². The fourth-order valence-electron chi connectivity index (χ4n) is 2.98. The molecule has 2 heterocycles. The Bertz CT molecular complexity index is 1220. The van der Waals surface area contributed by atoms with Crippen molar-refractivity contribution in [2.75, 3.05) is 0 Å². The van der Waals surface area contributed by atoms with E-state index in [1.807, 2.05) is 24.3 Å². The van der Waals surface area contributed by atoms with Crippen molar-refractivity contribution in [3.8, 4) is 10.6 Å². The summed E-state index contributed by atoms with van der Waals surface area (Å²) in [5.74, 6) is -1.15. The number of benzene rings is 1. The van der Waals surface area contributed by atoms with Crippen LogP contribution in [0, 0.1) is 0 Å².